The molecule has 1 saturated heterocycles. The van der Waals surface area contributed by atoms with Crippen LogP contribution in [0.5, 0.6) is 0 Å². The first-order chi connectivity index (χ1) is 13.6. The van der Waals surface area contributed by atoms with Crippen molar-refractivity contribution < 1.29 is 4.79 Å². The van der Waals surface area contributed by atoms with Gasteiger partial charge in [-0.1, -0.05) is 30.3 Å². The van der Waals surface area contributed by atoms with Crippen molar-refractivity contribution in [3.05, 3.63) is 77.5 Å². The number of fused-ring (bicyclic) bond motifs is 1. The van der Waals surface area contributed by atoms with E-state index in [1.165, 1.54) is 11.1 Å². The third kappa shape index (κ3) is 3.92. The molecule has 1 fully saturated rings. The maximum Gasteiger partial charge on any atom is 0.254 e. The van der Waals surface area contributed by atoms with Crippen LogP contribution in [0.4, 0.5) is 0 Å². The minimum atomic E-state index is 0.118. The molecule has 4 heteroatoms. The van der Waals surface area contributed by atoms with E-state index < -0.39 is 0 Å². The summed E-state index contributed by atoms with van der Waals surface area (Å²) in [6, 6.07) is 18.7. The van der Waals surface area contributed by atoms with E-state index >= 15 is 0 Å². The Morgan fingerprint density at radius 3 is 2.71 bits per heavy atom. The molecular weight excluding hydrogens is 346 g/mol. The number of nitrogens with zero attached hydrogens (tertiary/aromatic N) is 3. The monoisotopic (exact) mass is 373 g/mol. The molecule has 0 N–H and O–H groups in total. The highest BCUT2D eigenvalue weighted by atomic mass is 16.2. The molecule has 4 rings (SSSR count). The number of piperidine rings is 1. The van der Waals surface area contributed by atoms with Crippen LogP contribution in [-0.4, -0.2) is 41.3 Å². The molecule has 0 radical (unpaired) electrons. The number of rotatable bonds is 4. The molecule has 1 amide bonds. The molecule has 2 heterocycles. The number of hydrogen-bond donors (Lipinski definition) is 0. The molecule has 1 aliphatic heterocycles. The Morgan fingerprint density at radius 1 is 1.11 bits per heavy atom. The smallest absolute Gasteiger partial charge is 0.254 e. The van der Waals surface area contributed by atoms with Crippen LogP contribution in [0.3, 0.4) is 0 Å². The van der Waals surface area contributed by atoms with Gasteiger partial charge in [-0.15, -0.1) is 0 Å². The summed E-state index contributed by atoms with van der Waals surface area (Å²) in [5, 5.41) is 1.01. The van der Waals surface area contributed by atoms with E-state index in [1.807, 2.05) is 30.3 Å². The van der Waals surface area contributed by atoms with Gasteiger partial charge in [0.2, 0.25) is 0 Å². The molecule has 4 nitrogen and oxygen atoms in total. The molecule has 28 heavy (non-hydrogen) atoms. The first kappa shape index (κ1) is 18.6. The summed E-state index contributed by atoms with van der Waals surface area (Å²) in [6.45, 7) is 1.74. The summed E-state index contributed by atoms with van der Waals surface area (Å²) in [5.41, 5.74) is 4.20. The highest BCUT2D eigenvalue weighted by molar-refractivity contribution is 5.98. The Bertz CT molecular complexity index is 965. The average molecular weight is 374 g/mol. The van der Waals surface area contributed by atoms with Gasteiger partial charge in [0, 0.05) is 30.2 Å². The van der Waals surface area contributed by atoms with E-state index in [4.69, 9.17) is 0 Å². The minimum Gasteiger partial charge on any atom is -0.332 e. The molecule has 0 unspecified atom stereocenters. The standard InChI is InChI=1S/C24H27N3O/c1-26(2)17-18-8-10-19(11-9-18)23-7-3-4-15-27(23)24(28)21-12-13-22-20(16-21)6-5-14-25-22/h5-6,8-14,16,23H,3-4,7,15,17H2,1-2H3/t23-/m0/s1. The molecule has 0 aliphatic carbocycles. The van der Waals surface area contributed by atoms with E-state index in [-0.39, 0.29) is 11.9 Å². The number of carbonyl (C=O) groups excluding carboxylic acids is 1. The molecule has 0 saturated carbocycles. The lowest BCUT2D eigenvalue weighted by Crippen LogP contribution is -2.38. The van der Waals surface area contributed by atoms with Crippen molar-refractivity contribution in [3.63, 3.8) is 0 Å². The Morgan fingerprint density at radius 2 is 1.93 bits per heavy atom. The number of amides is 1. The van der Waals surface area contributed by atoms with Crippen LogP contribution >= 0.6 is 0 Å². The summed E-state index contributed by atoms with van der Waals surface area (Å²) >= 11 is 0. The summed E-state index contributed by atoms with van der Waals surface area (Å²) in [7, 11) is 4.16. The van der Waals surface area contributed by atoms with E-state index in [0.29, 0.717) is 0 Å². The topological polar surface area (TPSA) is 36.4 Å². The van der Waals surface area contributed by atoms with Crippen molar-refractivity contribution >= 4 is 16.8 Å². The van der Waals surface area contributed by atoms with Crippen molar-refractivity contribution in [2.75, 3.05) is 20.6 Å². The van der Waals surface area contributed by atoms with Gasteiger partial charge in [0.15, 0.2) is 0 Å². The lowest BCUT2D eigenvalue weighted by Gasteiger charge is -2.36. The molecule has 0 bridgehead atoms. The molecule has 1 aliphatic rings. The van der Waals surface area contributed by atoms with Crippen molar-refractivity contribution in [1.29, 1.82) is 0 Å². The van der Waals surface area contributed by atoms with Crippen LogP contribution in [0.25, 0.3) is 10.9 Å². The third-order valence-electron chi connectivity index (χ3n) is 5.48. The summed E-state index contributed by atoms with van der Waals surface area (Å²) < 4.78 is 0. The van der Waals surface area contributed by atoms with Crippen LogP contribution in [0.15, 0.2) is 60.8 Å². The zero-order valence-electron chi connectivity index (χ0n) is 16.6. The number of carbonyl (C=O) groups is 1. The van der Waals surface area contributed by atoms with Crippen LogP contribution in [0.2, 0.25) is 0 Å². The second kappa shape index (κ2) is 8.11. The fourth-order valence-electron chi connectivity index (χ4n) is 4.11. The van der Waals surface area contributed by atoms with Crippen molar-refractivity contribution in [1.82, 2.24) is 14.8 Å². The van der Waals surface area contributed by atoms with Crippen molar-refractivity contribution in [2.45, 2.75) is 31.8 Å². The maximum absolute atomic E-state index is 13.3. The molecular formula is C24H27N3O. The Kier molecular flexibility index (Phi) is 5.40. The fraction of sp³-hybridized carbons (Fsp3) is 0.333. The Hall–Kier alpha value is -2.72. The number of benzene rings is 2. The van der Waals surface area contributed by atoms with Crippen LogP contribution in [0.1, 0.15) is 46.8 Å². The lowest BCUT2D eigenvalue weighted by molar-refractivity contribution is 0.0611. The quantitative estimate of drug-likeness (QED) is 0.667. The molecule has 1 atom stereocenters. The molecule has 144 valence electrons. The van der Waals surface area contributed by atoms with Crippen LogP contribution in [0, 0.1) is 0 Å². The molecule has 1 aromatic heterocycles. The second-order valence-corrected chi connectivity index (χ2v) is 7.90. The molecule has 2 aromatic carbocycles. The first-order valence-corrected chi connectivity index (χ1v) is 10.0. The zero-order chi connectivity index (χ0) is 19.5. The van der Waals surface area contributed by atoms with Gasteiger partial charge in [-0.2, -0.15) is 0 Å². The van der Waals surface area contributed by atoms with E-state index in [1.54, 1.807) is 6.20 Å². The van der Waals surface area contributed by atoms with Gasteiger partial charge < -0.3 is 9.80 Å². The van der Waals surface area contributed by atoms with E-state index in [0.717, 1.165) is 48.8 Å². The number of pyridine rings is 1. The SMILES string of the molecule is CN(C)Cc1ccc([C@@H]2CCCCN2C(=O)c2ccc3ncccc3c2)cc1. The number of likely N-dealkylation sites (tertiary alicyclic amines) is 1. The van der Waals surface area contributed by atoms with Crippen molar-refractivity contribution in [3.8, 4) is 0 Å². The van der Waals surface area contributed by atoms with Gasteiger partial charge in [0.25, 0.3) is 5.91 Å². The molecule has 3 aromatic rings. The third-order valence-corrected chi connectivity index (χ3v) is 5.48. The number of hydrogen-bond acceptors (Lipinski definition) is 3. The van der Waals surface area contributed by atoms with Gasteiger partial charge >= 0.3 is 0 Å². The first-order valence-electron chi connectivity index (χ1n) is 10.0. The van der Waals surface area contributed by atoms with Gasteiger partial charge in [-0.25, -0.2) is 0 Å². The van der Waals surface area contributed by atoms with Gasteiger partial charge in [0.05, 0.1) is 11.6 Å². The van der Waals surface area contributed by atoms with Crippen molar-refractivity contribution in [2.24, 2.45) is 0 Å². The Balaban J connectivity index is 1.59. The minimum absolute atomic E-state index is 0.118. The fourth-order valence-corrected chi connectivity index (χ4v) is 4.11. The predicted octanol–water partition coefficient (Wildman–Crippen LogP) is 4.66. The Labute approximate surface area is 166 Å². The van der Waals surface area contributed by atoms with Gasteiger partial charge in [0.1, 0.15) is 0 Å². The summed E-state index contributed by atoms with van der Waals surface area (Å²) in [5.74, 6) is 0.118. The second-order valence-electron chi connectivity index (χ2n) is 7.90. The zero-order valence-corrected chi connectivity index (χ0v) is 16.6. The predicted molar refractivity (Wildman–Crippen MR) is 113 cm³/mol. The maximum atomic E-state index is 13.3. The average Bonchev–Trinajstić information content (AvgIpc) is 2.73. The molecule has 0 spiro atoms. The summed E-state index contributed by atoms with van der Waals surface area (Å²) in [6.07, 6.45) is 5.03. The largest absolute Gasteiger partial charge is 0.332 e. The van der Waals surface area contributed by atoms with Crippen LogP contribution < -0.4 is 0 Å². The van der Waals surface area contributed by atoms with Gasteiger partial charge in [-0.05, 0) is 68.8 Å². The van der Waals surface area contributed by atoms with E-state index in [2.05, 4.69) is 53.1 Å². The highest BCUT2D eigenvalue weighted by Crippen LogP contribution is 2.32. The van der Waals surface area contributed by atoms with E-state index in [9.17, 15) is 4.79 Å². The number of aromatic nitrogens is 1. The van der Waals surface area contributed by atoms with Crippen LogP contribution in [-0.2, 0) is 6.54 Å². The lowest BCUT2D eigenvalue weighted by atomic mass is 9.93. The highest BCUT2D eigenvalue weighted by Gasteiger charge is 2.28. The van der Waals surface area contributed by atoms with Gasteiger partial charge in [-0.3, -0.25) is 9.78 Å². The normalized spacial score (nSPS) is 17.2. The summed E-state index contributed by atoms with van der Waals surface area (Å²) in [4.78, 5) is 21.9.